The zero-order valence-electron chi connectivity index (χ0n) is 11.1. The number of nitrogens with zero attached hydrogens (tertiary/aromatic N) is 2. The van der Waals surface area contributed by atoms with Gasteiger partial charge in [-0.05, 0) is 37.6 Å². The normalized spacial score (nSPS) is 13.6. The van der Waals surface area contributed by atoms with E-state index in [9.17, 15) is 13.2 Å². The van der Waals surface area contributed by atoms with Gasteiger partial charge in [-0.2, -0.15) is 13.2 Å². The van der Waals surface area contributed by atoms with Crippen LogP contribution in [0, 0.1) is 0 Å². The van der Waals surface area contributed by atoms with Crippen LogP contribution < -0.4 is 5.32 Å². The molecule has 2 aromatic rings. The number of nitrogens with one attached hydrogen (secondary N) is 1. The predicted molar refractivity (Wildman–Crippen MR) is 71.2 cm³/mol. The van der Waals surface area contributed by atoms with Gasteiger partial charge in [-0.3, -0.25) is 9.97 Å². The standard InChI is InChI=1S/C14H16F3N3/c1-18-11(3-2-6-14(15,16)17)10-4-5-12-13(9-10)20-8-7-19-12/h4-5,7-9,11,18H,2-3,6H2,1H3. The summed E-state index contributed by atoms with van der Waals surface area (Å²) in [7, 11) is 1.75. The van der Waals surface area contributed by atoms with E-state index < -0.39 is 12.6 Å². The van der Waals surface area contributed by atoms with Crippen LogP contribution in [0.3, 0.4) is 0 Å². The molecule has 1 aromatic carbocycles. The summed E-state index contributed by atoms with van der Waals surface area (Å²) in [6, 6.07) is 5.48. The highest BCUT2D eigenvalue weighted by Crippen LogP contribution is 2.27. The van der Waals surface area contributed by atoms with Crippen molar-refractivity contribution >= 4 is 11.0 Å². The maximum Gasteiger partial charge on any atom is 0.389 e. The second-order valence-corrected chi connectivity index (χ2v) is 4.65. The van der Waals surface area contributed by atoms with E-state index in [2.05, 4.69) is 15.3 Å². The molecule has 0 bridgehead atoms. The summed E-state index contributed by atoms with van der Waals surface area (Å²) in [6.07, 6.45) is -1.09. The monoisotopic (exact) mass is 283 g/mol. The minimum Gasteiger partial charge on any atom is -0.313 e. The smallest absolute Gasteiger partial charge is 0.313 e. The lowest BCUT2D eigenvalue weighted by atomic mass is 10.0. The van der Waals surface area contributed by atoms with E-state index in [1.807, 2.05) is 18.2 Å². The van der Waals surface area contributed by atoms with Crippen molar-refractivity contribution in [2.45, 2.75) is 31.5 Å². The first kappa shape index (κ1) is 14.7. The number of halogens is 3. The molecule has 3 nitrogen and oxygen atoms in total. The van der Waals surface area contributed by atoms with Gasteiger partial charge in [0, 0.05) is 24.9 Å². The van der Waals surface area contributed by atoms with Crippen molar-refractivity contribution in [3.8, 4) is 0 Å². The van der Waals surface area contributed by atoms with Crippen molar-refractivity contribution in [3.05, 3.63) is 36.2 Å². The molecule has 1 aromatic heterocycles. The van der Waals surface area contributed by atoms with Crippen molar-refractivity contribution in [1.29, 1.82) is 0 Å². The third kappa shape index (κ3) is 3.90. The molecule has 0 fully saturated rings. The molecule has 1 unspecified atom stereocenters. The molecule has 0 saturated carbocycles. The average Bonchev–Trinajstić information content (AvgIpc) is 2.42. The number of benzene rings is 1. The number of alkyl halides is 3. The largest absolute Gasteiger partial charge is 0.389 e. The first-order valence-corrected chi connectivity index (χ1v) is 6.44. The van der Waals surface area contributed by atoms with E-state index >= 15 is 0 Å². The molecule has 1 heterocycles. The van der Waals surface area contributed by atoms with Crippen LogP contribution in [0.15, 0.2) is 30.6 Å². The van der Waals surface area contributed by atoms with Gasteiger partial charge in [0.05, 0.1) is 11.0 Å². The van der Waals surface area contributed by atoms with Gasteiger partial charge in [0.15, 0.2) is 0 Å². The Balaban J connectivity index is 2.09. The van der Waals surface area contributed by atoms with Crippen LogP contribution in [0.4, 0.5) is 13.2 Å². The van der Waals surface area contributed by atoms with Gasteiger partial charge in [-0.25, -0.2) is 0 Å². The molecular weight excluding hydrogens is 267 g/mol. The lowest BCUT2D eigenvalue weighted by Gasteiger charge is -2.17. The van der Waals surface area contributed by atoms with Crippen LogP contribution in [0.5, 0.6) is 0 Å². The fraction of sp³-hybridized carbons (Fsp3) is 0.429. The summed E-state index contributed by atoms with van der Waals surface area (Å²) in [5, 5.41) is 3.05. The molecule has 2 rings (SSSR count). The summed E-state index contributed by atoms with van der Waals surface area (Å²) in [6.45, 7) is 0. The summed E-state index contributed by atoms with van der Waals surface area (Å²) >= 11 is 0. The van der Waals surface area contributed by atoms with Gasteiger partial charge in [0.1, 0.15) is 0 Å². The van der Waals surface area contributed by atoms with Crippen LogP contribution >= 0.6 is 0 Å². The number of aromatic nitrogens is 2. The first-order valence-electron chi connectivity index (χ1n) is 6.44. The van der Waals surface area contributed by atoms with E-state index in [4.69, 9.17) is 0 Å². The molecule has 0 aliphatic heterocycles. The molecule has 0 spiro atoms. The van der Waals surface area contributed by atoms with E-state index in [1.54, 1.807) is 19.4 Å². The predicted octanol–water partition coefficient (Wildman–Crippen LogP) is 3.62. The Hall–Kier alpha value is -1.69. The number of hydrogen-bond acceptors (Lipinski definition) is 3. The zero-order valence-corrected chi connectivity index (χ0v) is 11.1. The quantitative estimate of drug-likeness (QED) is 0.910. The lowest BCUT2D eigenvalue weighted by molar-refractivity contribution is -0.135. The maximum absolute atomic E-state index is 12.2. The Morgan fingerprint density at radius 1 is 1.15 bits per heavy atom. The fourth-order valence-corrected chi connectivity index (χ4v) is 2.18. The van der Waals surface area contributed by atoms with E-state index in [-0.39, 0.29) is 12.5 Å². The minimum absolute atomic E-state index is 0.105. The molecule has 0 saturated heterocycles. The molecule has 108 valence electrons. The molecule has 0 radical (unpaired) electrons. The van der Waals surface area contributed by atoms with Crippen molar-refractivity contribution in [3.63, 3.8) is 0 Å². The third-order valence-corrected chi connectivity index (χ3v) is 3.20. The molecule has 6 heteroatoms. The fourth-order valence-electron chi connectivity index (χ4n) is 2.18. The Morgan fingerprint density at radius 3 is 2.50 bits per heavy atom. The van der Waals surface area contributed by atoms with Crippen molar-refractivity contribution in [2.75, 3.05) is 7.05 Å². The van der Waals surface area contributed by atoms with Gasteiger partial charge in [-0.15, -0.1) is 0 Å². The minimum atomic E-state index is -4.09. The van der Waals surface area contributed by atoms with E-state index in [0.717, 1.165) is 16.6 Å². The second-order valence-electron chi connectivity index (χ2n) is 4.65. The second kappa shape index (κ2) is 6.17. The number of hydrogen-bond donors (Lipinski definition) is 1. The van der Waals surface area contributed by atoms with Crippen molar-refractivity contribution in [1.82, 2.24) is 15.3 Å². The van der Waals surface area contributed by atoms with Crippen LogP contribution in [0.25, 0.3) is 11.0 Å². The third-order valence-electron chi connectivity index (χ3n) is 3.20. The first-order chi connectivity index (χ1) is 9.49. The van der Waals surface area contributed by atoms with Gasteiger partial charge >= 0.3 is 6.18 Å². The van der Waals surface area contributed by atoms with Gasteiger partial charge in [0.25, 0.3) is 0 Å². The lowest BCUT2D eigenvalue weighted by Crippen LogP contribution is -2.17. The van der Waals surface area contributed by atoms with Gasteiger partial charge in [0.2, 0.25) is 0 Å². The number of fused-ring (bicyclic) bond motifs is 1. The molecule has 0 aliphatic carbocycles. The molecule has 20 heavy (non-hydrogen) atoms. The molecular formula is C14H16F3N3. The molecule has 0 amide bonds. The Labute approximate surface area is 115 Å². The number of rotatable bonds is 5. The Morgan fingerprint density at radius 2 is 1.85 bits per heavy atom. The van der Waals surface area contributed by atoms with Crippen molar-refractivity contribution < 1.29 is 13.2 Å². The van der Waals surface area contributed by atoms with Crippen LogP contribution in [-0.2, 0) is 0 Å². The highest BCUT2D eigenvalue weighted by Gasteiger charge is 2.26. The Kier molecular flexibility index (Phi) is 4.54. The van der Waals surface area contributed by atoms with Crippen molar-refractivity contribution in [2.24, 2.45) is 0 Å². The summed E-state index contributed by atoms with van der Waals surface area (Å²) < 4.78 is 36.5. The average molecular weight is 283 g/mol. The summed E-state index contributed by atoms with van der Waals surface area (Å²) in [5.41, 5.74) is 2.46. The van der Waals surface area contributed by atoms with Crippen LogP contribution in [0.1, 0.15) is 30.9 Å². The van der Waals surface area contributed by atoms with Gasteiger partial charge < -0.3 is 5.32 Å². The highest BCUT2D eigenvalue weighted by molar-refractivity contribution is 5.74. The highest BCUT2D eigenvalue weighted by atomic mass is 19.4. The van der Waals surface area contributed by atoms with E-state index in [0.29, 0.717) is 6.42 Å². The maximum atomic E-state index is 12.2. The van der Waals surface area contributed by atoms with E-state index in [1.165, 1.54) is 0 Å². The zero-order chi connectivity index (χ0) is 14.6. The summed E-state index contributed by atoms with van der Waals surface area (Å²) in [5.74, 6) is 0. The topological polar surface area (TPSA) is 37.8 Å². The van der Waals surface area contributed by atoms with Gasteiger partial charge in [-0.1, -0.05) is 6.07 Å². The molecule has 0 aliphatic rings. The van der Waals surface area contributed by atoms with Crippen LogP contribution in [-0.4, -0.2) is 23.2 Å². The summed E-state index contributed by atoms with van der Waals surface area (Å²) in [4.78, 5) is 8.38. The molecule has 1 N–H and O–H groups in total. The Bertz CT molecular complexity index is 569. The molecule has 1 atom stereocenters. The van der Waals surface area contributed by atoms with Crippen LogP contribution in [0.2, 0.25) is 0 Å². The SMILES string of the molecule is CNC(CCCC(F)(F)F)c1ccc2nccnc2c1.